The number of nitrogens with two attached hydrogens (primary N) is 1. The number of carboxylic acid groups (broad SMARTS) is 1. The summed E-state index contributed by atoms with van der Waals surface area (Å²) < 4.78 is 22.3. The van der Waals surface area contributed by atoms with Crippen LogP contribution in [-0.2, 0) is 29.2 Å². The maximum absolute atomic E-state index is 11.6. The largest absolute Gasteiger partial charge is 0.480 e. The van der Waals surface area contributed by atoms with Crippen molar-refractivity contribution in [3.8, 4) is 0 Å². The molecule has 0 bridgehead atoms. The minimum Gasteiger partial charge on any atom is -0.480 e. The molecule has 124 valence electrons. The van der Waals surface area contributed by atoms with E-state index in [4.69, 9.17) is 10.2 Å². The van der Waals surface area contributed by atoms with Crippen molar-refractivity contribution < 1.29 is 32.7 Å². The van der Waals surface area contributed by atoms with Crippen molar-refractivity contribution in [3.63, 3.8) is 0 Å². The zero-order valence-electron chi connectivity index (χ0n) is 11.4. The lowest BCUT2D eigenvalue weighted by atomic mass is 10.4. The molecule has 1 aliphatic rings. The van der Waals surface area contributed by atoms with Crippen LogP contribution in [0.25, 0.3) is 0 Å². The number of hydrogen-bond acceptors (Lipinski definition) is 6. The first-order valence-electron chi connectivity index (χ1n) is 6.14. The number of primary sulfonamides is 1. The van der Waals surface area contributed by atoms with Gasteiger partial charge in [0.05, 0.1) is 13.1 Å². The molecule has 1 atom stereocenters. The van der Waals surface area contributed by atoms with Crippen molar-refractivity contribution in [3.05, 3.63) is 0 Å². The monoisotopic (exact) mass is 336 g/mol. The smallest absolute Gasteiger partial charge is 0.322 e. The highest BCUT2D eigenvalue weighted by Crippen LogP contribution is 2.15. The second-order valence-corrected chi connectivity index (χ2v) is 6.48. The van der Waals surface area contributed by atoms with Crippen molar-refractivity contribution in [2.45, 2.75) is 11.7 Å². The first kappa shape index (κ1) is 17.8. The van der Waals surface area contributed by atoms with E-state index in [9.17, 15) is 27.6 Å². The molecule has 1 fully saturated rings. The number of nitrogens with one attached hydrogen (secondary N) is 2. The molecule has 0 spiro atoms. The molecule has 5 N–H and O–H groups in total. The van der Waals surface area contributed by atoms with Crippen LogP contribution in [-0.4, -0.2) is 73.5 Å². The van der Waals surface area contributed by atoms with Crippen molar-refractivity contribution in [1.82, 2.24) is 15.5 Å². The van der Waals surface area contributed by atoms with Crippen LogP contribution in [0.1, 0.15) is 6.42 Å². The fraction of sp³-hybridized carbons (Fsp3) is 0.600. The number of carbonyl (C=O) groups excluding carboxylic acids is 3. The molecule has 1 heterocycles. The van der Waals surface area contributed by atoms with Gasteiger partial charge in [-0.1, -0.05) is 0 Å². The van der Waals surface area contributed by atoms with Crippen LogP contribution >= 0.6 is 0 Å². The summed E-state index contributed by atoms with van der Waals surface area (Å²) >= 11 is 0. The van der Waals surface area contributed by atoms with Crippen LogP contribution in [0.2, 0.25) is 0 Å². The number of nitrogens with zero attached hydrogens (tertiary/aromatic N) is 1. The van der Waals surface area contributed by atoms with Gasteiger partial charge >= 0.3 is 5.97 Å². The van der Waals surface area contributed by atoms with Gasteiger partial charge in [-0.3, -0.25) is 19.2 Å². The van der Waals surface area contributed by atoms with E-state index in [0.29, 0.717) is 0 Å². The molecule has 0 radical (unpaired) electrons. The number of likely N-dealkylation sites (tertiary alicyclic amines) is 1. The average molecular weight is 336 g/mol. The summed E-state index contributed by atoms with van der Waals surface area (Å²) in [6, 6.07) is 0. The highest BCUT2D eigenvalue weighted by atomic mass is 32.2. The van der Waals surface area contributed by atoms with Gasteiger partial charge in [-0.15, -0.1) is 0 Å². The molecule has 0 aromatic heterocycles. The number of carbonyl (C=O) groups is 4. The Morgan fingerprint density at radius 1 is 1.23 bits per heavy atom. The van der Waals surface area contributed by atoms with Gasteiger partial charge in [0, 0.05) is 13.0 Å². The Hall–Kier alpha value is -2.21. The zero-order chi connectivity index (χ0) is 16.9. The predicted octanol–water partition coefficient (Wildman–Crippen LogP) is -3.81. The minimum absolute atomic E-state index is 0.184. The van der Waals surface area contributed by atoms with E-state index in [2.05, 4.69) is 5.32 Å². The first-order chi connectivity index (χ1) is 10.1. The van der Waals surface area contributed by atoms with Gasteiger partial charge in [0.1, 0.15) is 11.8 Å². The van der Waals surface area contributed by atoms with Gasteiger partial charge in [0.15, 0.2) is 0 Å². The Morgan fingerprint density at radius 3 is 2.32 bits per heavy atom. The van der Waals surface area contributed by atoms with Gasteiger partial charge in [0.2, 0.25) is 27.7 Å². The number of sulfonamides is 1. The molecular weight excluding hydrogens is 320 g/mol. The summed E-state index contributed by atoms with van der Waals surface area (Å²) in [6.07, 6.45) is -0.286. The molecule has 1 unspecified atom stereocenters. The van der Waals surface area contributed by atoms with E-state index in [-0.39, 0.29) is 13.0 Å². The molecular formula is C10H16N4O7S. The standard InChI is InChI=1S/C10H16N4O7S/c11-22(20,21)6-1-9(17)14(4-6)5-8(16)12-2-7(15)13-3-10(18)19/h6H,1-5H2,(H,12,16)(H,13,15)(H,18,19)(H2,11,20,21). The number of aliphatic carboxylic acids is 1. The van der Waals surface area contributed by atoms with Crippen LogP contribution < -0.4 is 15.8 Å². The van der Waals surface area contributed by atoms with E-state index >= 15 is 0 Å². The lowest BCUT2D eigenvalue weighted by Crippen LogP contribution is -2.43. The molecule has 3 amide bonds. The minimum atomic E-state index is -3.86. The molecule has 1 rings (SSSR count). The van der Waals surface area contributed by atoms with E-state index in [1.54, 1.807) is 0 Å². The van der Waals surface area contributed by atoms with Gasteiger partial charge in [-0.25, -0.2) is 13.6 Å². The third kappa shape index (κ3) is 5.65. The summed E-state index contributed by atoms with van der Waals surface area (Å²) in [5.41, 5.74) is 0. The van der Waals surface area contributed by atoms with Crippen molar-refractivity contribution in [2.24, 2.45) is 5.14 Å². The van der Waals surface area contributed by atoms with Crippen molar-refractivity contribution in [2.75, 3.05) is 26.2 Å². The molecule has 22 heavy (non-hydrogen) atoms. The zero-order valence-corrected chi connectivity index (χ0v) is 12.3. The maximum atomic E-state index is 11.6. The summed E-state index contributed by atoms with van der Waals surface area (Å²) in [7, 11) is -3.86. The second-order valence-electron chi connectivity index (χ2n) is 4.64. The van der Waals surface area contributed by atoms with Gasteiger partial charge in [-0.2, -0.15) is 0 Å². The lowest BCUT2D eigenvalue weighted by molar-refractivity contribution is -0.138. The molecule has 0 aromatic rings. The van der Waals surface area contributed by atoms with Crippen LogP contribution in [0, 0.1) is 0 Å². The van der Waals surface area contributed by atoms with Crippen LogP contribution in [0.5, 0.6) is 0 Å². The Kier molecular flexibility index (Phi) is 5.82. The second kappa shape index (κ2) is 7.17. The number of amides is 3. The predicted molar refractivity (Wildman–Crippen MR) is 71.7 cm³/mol. The molecule has 1 aliphatic heterocycles. The normalized spacial score (nSPS) is 18.1. The van der Waals surface area contributed by atoms with E-state index in [1.165, 1.54) is 0 Å². The Morgan fingerprint density at radius 2 is 1.82 bits per heavy atom. The third-order valence-corrected chi connectivity index (χ3v) is 4.11. The van der Waals surface area contributed by atoms with E-state index in [1.807, 2.05) is 5.32 Å². The van der Waals surface area contributed by atoms with Crippen LogP contribution in [0.3, 0.4) is 0 Å². The van der Waals surface area contributed by atoms with Gasteiger partial charge < -0.3 is 20.6 Å². The van der Waals surface area contributed by atoms with Crippen molar-refractivity contribution >= 4 is 33.7 Å². The molecule has 1 saturated heterocycles. The Balaban J connectivity index is 2.38. The van der Waals surface area contributed by atoms with Crippen molar-refractivity contribution in [1.29, 1.82) is 0 Å². The fourth-order valence-electron chi connectivity index (χ4n) is 1.75. The molecule has 0 aromatic carbocycles. The number of hydrogen-bond donors (Lipinski definition) is 4. The Bertz CT molecular complexity index is 588. The molecule has 0 saturated carbocycles. The first-order valence-corrected chi connectivity index (χ1v) is 7.75. The summed E-state index contributed by atoms with van der Waals surface area (Å²) in [5, 5.41) is 16.5. The SMILES string of the molecule is NS(=O)(=O)C1CC(=O)N(CC(=O)NCC(=O)NCC(=O)O)C1. The number of carboxylic acids is 1. The summed E-state index contributed by atoms with van der Waals surface area (Å²) in [4.78, 5) is 45.5. The van der Waals surface area contributed by atoms with Gasteiger partial charge in [-0.05, 0) is 0 Å². The van der Waals surface area contributed by atoms with Crippen LogP contribution in [0.15, 0.2) is 0 Å². The molecule has 0 aliphatic carbocycles. The van der Waals surface area contributed by atoms with Crippen LogP contribution in [0.4, 0.5) is 0 Å². The highest BCUT2D eigenvalue weighted by molar-refractivity contribution is 7.89. The number of rotatable bonds is 7. The maximum Gasteiger partial charge on any atom is 0.322 e. The average Bonchev–Trinajstić information content (AvgIpc) is 2.75. The lowest BCUT2D eigenvalue weighted by Gasteiger charge is -2.15. The summed E-state index contributed by atoms with van der Waals surface area (Å²) in [6.45, 7) is -1.62. The van der Waals surface area contributed by atoms with E-state index < -0.39 is 58.6 Å². The summed E-state index contributed by atoms with van der Waals surface area (Å²) in [5.74, 6) is -3.12. The Labute approximate surface area is 125 Å². The topological polar surface area (TPSA) is 176 Å². The fourth-order valence-corrected chi connectivity index (χ4v) is 2.52. The highest BCUT2D eigenvalue weighted by Gasteiger charge is 2.37. The molecule has 12 heteroatoms. The quantitative estimate of drug-likeness (QED) is 0.368. The van der Waals surface area contributed by atoms with Gasteiger partial charge in [0.25, 0.3) is 0 Å². The molecule has 11 nitrogen and oxygen atoms in total. The van der Waals surface area contributed by atoms with E-state index in [0.717, 1.165) is 4.90 Å². The third-order valence-electron chi connectivity index (χ3n) is 2.86.